The number of aliphatic hydroxyl groups excluding tert-OH is 1. The second-order valence-corrected chi connectivity index (χ2v) is 6.09. The normalized spacial score (nSPS) is 22.8. The van der Waals surface area contributed by atoms with Crippen LogP contribution in [0.3, 0.4) is 0 Å². The smallest absolute Gasteiger partial charge is 0.250 e. The molecule has 1 fully saturated rings. The van der Waals surface area contributed by atoms with E-state index in [4.69, 9.17) is 0 Å². The molecular formula is C13H25N3O3. The minimum absolute atomic E-state index is 0.00341. The molecule has 6 heteroatoms. The lowest BCUT2D eigenvalue weighted by molar-refractivity contribution is -0.133. The van der Waals surface area contributed by atoms with E-state index in [2.05, 4.69) is 16.0 Å². The van der Waals surface area contributed by atoms with Crippen molar-refractivity contribution in [3.63, 3.8) is 0 Å². The minimum atomic E-state index is -1.15. The molecule has 2 unspecified atom stereocenters. The van der Waals surface area contributed by atoms with Crippen molar-refractivity contribution in [1.82, 2.24) is 16.0 Å². The van der Waals surface area contributed by atoms with Gasteiger partial charge in [-0.3, -0.25) is 9.59 Å². The number of likely N-dealkylation sites (N-methyl/N-ethyl adjacent to an activating group) is 1. The first-order valence-corrected chi connectivity index (χ1v) is 6.69. The molecule has 3 atom stereocenters. The third kappa shape index (κ3) is 4.80. The molecule has 0 spiro atoms. The standard InChI is InChI=1S/C13H25N3O3/c1-13(2,3)16-12(19)10(17)9(14-4)7-8-5-6-15-11(8)18/h8-10,14,17H,5-7H2,1-4H3,(H,15,18)(H,16,19)/t8-,9?,10?/m0/s1. The van der Waals surface area contributed by atoms with E-state index in [1.807, 2.05) is 20.8 Å². The molecule has 19 heavy (non-hydrogen) atoms. The van der Waals surface area contributed by atoms with Crippen LogP contribution in [-0.4, -0.2) is 48.2 Å². The molecular weight excluding hydrogens is 246 g/mol. The Balaban J connectivity index is 2.58. The summed E-state index contributed by atoms with van der Waals surface area (Å²) >= 11 is 0. The summed E-state index contributed by atoms with van der Waals surface area (Å²) in [5, 5.41) is 18.5. The van der Waals surface area contributed by atoms with Crippen LogP contribution in [0.15, 0.2) is 0 Å². The minimum Gasteiger partial charge on any atom is -0.382 e. The Labute approximate surface area is 114 Å². The van der Waals surface area contributed by atoms with Gasteiger partial charge in [-0.25, -0.2) is 0 Å². The Morgan fingerprint density at radius 1 is 1.53 bits per heavy atom. The Morgan fingerprint density at radius 2 is 2.16 bits per heavy atom. The number of nitrogens with one attached hydrogen (secondary N) is 3. The highest BCUT2D eigenvalue weighted by Gasteiger charge is 2.33. The first-order chi connectivity index (χ1) is 8.74. The topological polar surface area (TPSA) is 90.5 Å². The second-order valence-electron chi connectivity index (χ2n) is 6.09. The van der Waals surface area contributed by atoms with E-state index < -0.39 is 18.1 Å². The lowest BCUT2D eigenvalue weighted by atomic mass is 9.94. The highest BCUT2D eigenvalue weighted by atomic mass is 16.3. The summed E-state index contributed by atoms with van der Waals surface area (Å²) in [6.45, 7) is 6.24. The number of carbonyl (C=O) groups is 2. The fourth-order valence-corrected chi connectivity index (χ4v) is 2.21. The lowest BCUT2D eigenvalue weighted by Gasteiger charge is -2.27. The van der Waals surface area contributed by atoms with Gasteiger partial charge in [0.2, 0.25) is 5.91 Å². The first-order valence-electron chi connectivity index (χ1n) is 6.69. The van der Waals surface area contributed by atoms with Crippen LogP contribution in [0.4, 0.5) is 0 Å². The third-order valence-electron chi connectivity index (χ3n) is 3.22. The van der Waals surface area contributed by atoms with Crippen LogP contribution < -0.4 is 16.0 Å². The predicted molar refractivity (Wildman–Crippen MR) is 72.5 cm³/mol. The van der Waals surface area contributed by atoms with Crippen molar-refractivity contribution in [3.05, 3.63) is 0 Å². The molecule has 0 saturated carbocycles. The molecule has 0 radical (unpaired) electrons. The van der Waals surface area contributed by atoms with Crippen LogP contribution in [0.1, 0.15) is 33.6 Å². The molecule has 1 rings (SSSR count). The number of hydrogen-bond donors (Lipinski definition) is 4. The molecule has 4 N–H and O–H groups in total. The average molecular weight is 271 g/mol. The molecule has 1 aliphatic heterocycles. The maximum atomic E-state index is 11.9. The largest absolute Gasteiger partial charge is 0.382 e. The van der Waals surface area contributed by atoms with E-state index in [9.17, 15) is 14.7 Å². The Kier molecular flexibility index (Phi) is 5.31. The van der Waals surface area contributed by atoms with Crippen molar-refractivity contribution in [2.24, 2.45) is 5.92 Å². The van der Waals surface area contributed by atoms with Gasteiger partial charge in [0.1, 0.15) is 6.10 Å². The number of carbonyl (C=O) groups excluding carboxylic acids is 2. The predicted octanol–water partition coefficient (Wildman–Crippen LogP) is -0.624. The summed E-state index contributed by atoms with van der Waals surface area (Å²) in [6.07, 6.45) is 0.0590. The monoisotopic (exact) mass is 271 g/mol. The zero-order chi connectivity index (χ0) is 14.6. The fourth-order valence-electron chi connectivity index (χ4n) is 2.21. The maximum absolute atomic E-state index is 11.9. The molecule has 1 heterocycles. The van der Waals surface area contributed by atoms with Crippen LogP contribution in [0.5, 0.6) is 0 Å². The molecule has 2 amide bonds. The number of rotatable bonds is 5. The van der Waals surface area contributed by atoms with Crippen molar-refractivity contribution in [2.75, 3.05) is 13.6 Å². The van der Waals surface area contributed by atoms with Gasteiger partial charge in [0, 0.05) is 24.0 Å². The molecule has 1 aliphatic rings. The van der Waals surface area contributed by atoms with E-state index >= 15 is 0 Å². The van der Waals surface area contributed by atoms with Gasteiger partial charge in [-0.05, 0) is 40.7 Å². The molecule has 0 aromatic carbocycles. The third-order valence-corrected chi connectivity index (χ3v) is 3.22. The molecule has 0 aliphatic carbocycles. The van der Waals surface area contributed by atoms with E-state index in [1.165, 1.54) is 0 Å². The molecule has 0 aromatic heterocycles. The van der Waals surface area contributed by atoms with Gasteiger partial charge >= 0.3 is 0 Å². The zero-order valence-electron chi connectivity index (χ0n) is 12.1. The highest BCUT2D eigenvalue weighted by Crippen LogP contribution is 2.18. The summed E-state index contributed by atoms with van der Waals surface area (Å²) in [5.74, 6) is -0.538. The van der Waals surface area contributed by atoms with Crippen molar-refractivity contribution >= 4 is 11.8 Å². The van der Waals surface area contributed by atoms with E-state index in [0.717, 1.165) is 6.42 Å². The van der Waals surface area contributed by atoms with E-state index in [0.29, 0.717) is 13.0 Å². The molecule has 0 bridgehead atoms. The van der Waals surface area contributed by atoms with E-state index in [-0.39, 0.29) is 17.4 Å². The summed E-state index contributed by atoms with van der Waals surface area (Å²) in [4.78, 5) is 23.4. The van der Waals surface area contributed by atoms with Gasteiger partial charge in [-0.1, -0.05) is 0 Å². The van der Waals surface area contributed by atoms with Crippen molar-refractivity contribution in [1.29, 1.82) is 0 Å². The average Bonchev–Trinajstić information content (AvgIpc) is 2.68. The summed E-state index contributed by atoms with van der Waals surface area (Å²) < 4.78 is 0. The van der Waals surface area contributed by atoms with Gasteiger partial charge in [0.15, 0.2) is 0 Å². The Bertz CT molecular complexity index is 339. The Hall–Kier alpha value is -1.14. The Morgan fingerprint density at radius 3 is 2.58 bits per heavy atom. The van der Waals surface area contributed by atoms with Crippen LogP contribution in [0, 0.1) is 5.92 Å². The molecule has 0 aromatic rings. The number of aliphatic hydroxyl groups is 1. The van der Waals surface area contributed by atoms with Crippen molar-refractivity contribution in [2.45, 2.75) is 51.3 Å². The summed E-state index contributed by atoms with van der Waals surface area (Å²) in [6, 6.07) is -0.420. The van der Waals surface area contributed by atoms with Crippen molar-refractivity contribution < 1.29 is 14.7 Å². The maximum Gasteiger partial charge on any atom is 0.250 e. The molecule has 6 nitrogen and oxygen atoms in total. The number of amides is 2. The summed E-state index contributed by atoms with van der Waals surface area (Å²) in [7, 11) is 1.69. The molecule has 1 saturated heterocycles. The van der Waals surface area contributed by atoms with E-state index in [1.54, 1.807) is 7.05 Å². The first kappa shape index (κ1) is 15.9. The van der Waals surface area contributed by atoms with Gasteiger partial charge in [-0.2, -0.15) is 0 Å². The van der Waals surface area contributed by atoms with Gasteiger partial charge < -0.3 is 21.1 Å². The highest BCUT2D eigenvalue weighted by molar-refractivity contribution is 5.83. The van der Waals surface area contributed by atoms with Gasteiger partial charge in [0.25, 0.3) is 5.91 Å². The van der Waals surface area contributed by atoms with Crippen LogP contribution in [0.2, 0.25) is 0 Å². The second kappa shape index (κ2) is 6.34. The fraction of sp³-hybridized carbons (Fsp3) is 0.846. The molecule has 110 valence electrons. The van der Waals surface area contributed by atoms with Crippen molar-refractivity contribution in [3.8, 4) is 0 Å². The zero-order valence-corrected chi connectivity index (χ0v) is 12.1. The number of hydrogen-bond acceptors (Lipinski definition) is 4. The van der Waals surface area contributed by atoms with Crippen LogP contribution >= 0.6 is 0 Å². The van der Waals surface area contributed by atoms with Crippen LogP contribution in [-0.2, 0) is 9.59 Å². The SMILES string of the molecule is CNC(C[C@@H]1CCNC1=O)C(O)C(=O)NC(C)(C)C. The lowest BCUT2D eigenvalue weighted by Crippen LogP contribution is -2.53. The van der Waals surface area contributed by atoms with Gasteiger partial charge in [0.05, 0.1) is 0 Å². The van der Waals surface area contributed by atoms with Crippen LogP contribution in [0.25, 0.3) is 0 Å². The summed E-state index contributed by atoms with van der Waals surface area (Å²) in [5.41, 5.74) is -0.388. The van der Waals surface area contributed by atoms with Gasteiger partial charge in [-0.15, -0.1) is 0 Å². The quantitative estimate of drug-likeness (QED) is 0.536.